The van der Waals surface area contributed by atoms with E-state index in [1.165, 1.54) is 39.9 Å². The summed E-state index contributed by atoms with van der Waals surface area (Å²) < 4.78 is 16.3. The molecule has 0 unspecified atom stereocenters. The summed E-state index contributed by atoms with van der Waals surface area (Å²) in [5.74, 6) is -1.08. The fourth-order valence-corrected chi connectivity index (χ4v) is 4.44. The Labute approximate surface area is 217 Å². The van der Waals surface area contributed by atoms with Crippen molar-refractivity contribution in [1.29, 1.82) is 0 Å². The summed E-state index contributed by atoms with van der Waals surface area (Å²) >= 11 is 5.94. The van der Waals surface area contributed by atoms with E-state index >= 15 is 0 Å². The fourth-order valence-electron chi connectivity index (χ4n) is 4.31. The van der Waals surface area contributed by atoms with E-state index in [2.05, 4.69) is 10.6 Å². The van der Waals surface area contributed by atoms with Gasteiger partial charge in [0, 0.05) is 42.0 Å². The monoisotopic (exact) mass is 516 g/mol. The number of amides is 3. The normalized spacial score (nSPS) is 14.5. The molecule has 0 spiro atoms. The van der Waals surface area contributed by atoms with Crippen molar-refractivity contribution in [3.8, 4) is 5.69 Å². The molecule has 186 valence electrons. The number of aromatic nitrogens is 1. The maximum atomic E-state index is 15.0. The topological polar surface area (TPSA) is 83.4 Å². The first-order valence-electron chi connectivity index (χ1n) is 11.6. The number of pyridine rings is 1. The molecule has 1 aliphatic rings. The van der Waals surface area contributed by atoms with Gasteiger partial charge in [-0.3, -0.25) is 14.2 Å². The lowest BCUT2D eigenvalue weighted by molar-refractivity contribution is -0.120. The molecular formula is C28H22ClFN4O3. The molecule has 9 heteroatoms. The van der Waals surface area contributed by atoms with Gasteiger partial charge in [-0.05, 0) is 53.6 Å². The first-order chi connectivity index (χ1) is 17.9. The Hall–Kier alpha value is -4.43. The lowest BCUT2D eigenvalue weighted by Crippen LogP contribution is -2.52. The van der Waals surface area contributed by atoms with Crippen molar-refractivity contribution in [1.82, 2.24) is 9.47 Å². The number of hydrogen-bond donors (Lipinski definition) is 2. The van der Waals surface area contributed by atoms with Gasteiger partial charge in [-0.1, -0.05) is 41.9 Å². The second-order valence-corrected chi connectivity index (χ2v) is 9.05. The van der Waals surface area contributed by atoms with Gasteiger partial charge in [0.25, 0.3) is 5.56 Å². The molecule has 5 rings (SSSR count). The summed E-state index contributed by atoms with van der Waals surface area (Å²) in [6.45, 7) is 0.180. The lowest BCUT2D eigenvalue weighted by atomic mass is 9.93. The number of carbonyl (C=O) groups excluding carboxylic acids is 2. The smallest absolute Gasteiger partial charge is 0.322 e. The zero-order valence-electron chi connectivity index (χ0n) is 19.5. The van der Waals surface area contributed by atoms with Gasteiger partial charge < -0.3 is 15.5 Å². The quantitative estimate of drug-likeness (QED) is 0.390. The molecule has 7 nitrogen and oxygen atoms in total. The van der Waals surface area contributed by atoms with Crippen LogP contribution in [0.15, 0.2) is 95.9 Å². The van der Waals surface area contributed by atoms with Crippen LogP contribution in [-0.4, -0.2) is 27.4 Å². The van der Waals surface area contributed by atoms with Crippen molar-refractivity contribution in [3.63, 3.8) is 0 Å². The average Bonchev–Trinajstić information content (AvgIpc) is 2.90. The minimum atomic E-state index is -0.823. The van der Waals surface area contributed by atoms with Crippen LogP contribution in [0.5, 0.6) is 0 Å². The van der Waals surface area contributed by atoms with Crippen LogP contribution in [0.3, 0.4) is 0 Å². The molecule has 3 amide bonds. The average molecular weight is 517 g/mol. The largest absolute Gasteiger partial charge is 0.324 e. The molecule has 0 fully saturated rings. The molecule has 0 aliphatic carbocycles. The van der Waals surface area contributed by atoms with E-state index in [0.29, 0.717) is 22.8 Å². The Bertz CT molecular complexity index is 1540. The van der Waals surface area contributed by atoms with E-state index in [1.54, 1.807) is 36.4 Å². The van der Waals surface area contributed by atoms with Crippen LogP contribution in [0, 0.1) is 5.82 Å². The molecule has 0 bridgehead atoms. The zero-order valence-corrected chi connectivity index (χ0v) is 20.3. The van der Waals surface area contributed by atoms with Gasteiger partial charge in [0.15, 0.2) is 0 Å². The van der Waals surface area contributed by atoms with Crippen LogP contribution in [0.25, 0.3) is 5.69 Å². The van der Waals surface area contributed by atoms with Crippen LogP contribution < -0.4 is 16.2 Å². The minimum Gasteiger partial charge on any atom is -0.324 e. The summed E-state index contributed by atoms with van der Waals surface area (Å²) in [5, 5.41) is 5.96. The Morgan fingerprint density at radius 3 is 2.35 bits per heavy atom. The number of nitrogens with zero attached hydrogens (tertiary/aromatic N) is 2. The highest BCUT2D eigenvalue weighted by Gasteiger charge is 2.35. The predicted octanol–water partition coefficient (Wildman–Crippen LogP) is 5.23. The van der Waals surface area contributed by atoms with Gasteiger partial charge in [-0.2, -0.15) is 0 Å². The second-order valence-electron chi connectivity index (χ2n) is 8.62. The van der Waals surface area contributed by atoms with Crippen LogP contribution in [0.1, 0.15) is 11.1 Å². The van der Waals surface area contributed by atoms with Crippen LogP contribution >= 0.6 is 11.6 Å². The van der Waals surface area contributed by atoms with E-state index in [0.717, 1.165) is 11.1 Å². The van der Waals surface area contributed by atoms with Crippen molar-refractivity contribution >= 4 is 34.9 Å². The van der Waals surface area contributed by atoms with Crippen molar-refractivity contribution in [3.05, 3.63) is 123 Å². The number of halogens is 2. The van der Waals surface area contributed by atoms with Gasteiger partial charge in [0.1, 0.15) is 11.9 Å². The number of rotatable bonds is 4. The van der Waals surface area contributed by atoms with Crippen LogP contribution in [0.4, 0.5) is 20.6 Å². The van der Waals surface area contributed by atoms with E-state index < -0.39 is 17.9 Å². The molecule has 1 aromatic heterocycles. The summed E-state index contributed by atoms with van der Waals surface area (Å²) in [5.41, 5.74) is 2.38. The molecule has 2 N–H and O–H groups in total. The standard InChI is InChI=1S/C28H22ClFN4O3/c29-20-8-10-21(11-9-20)31-27(36)25-15-18-5-1-2-6-19(18)17-34(25)28(37)32-24-13-12-22(16-23(24)30)33-14-4-3-7-26(33)35/h1-14,16,25H,15,17H2,(H,31,36)(H,32,37)/t25-/m1/s1. The van der Waals surface area contributed by atoms with Gasteiger partial charge in [0.05, 0.1) is 11.4 Å². The van der Waals surface area contributed by atoms with Gasteiger partial charge in [-0.25, -0.2) is 9.18 Å². The number of fused-ring (bicyclic) bond motifs is 1. The highest BCUT2D eigenvalue weighted by molar-refractivity contribution is 6.30. The molecule has 1 atom stereocenters. The van der Waals surface area contributed by atoms with Gasteiger partial charge in [0.2, 0.25) is 5.91 Å². The maximum Gasteiger partial charge on any atom is 0.322 e. The molecular weight excluding hydrogens is 495 g/mol. The number of hydrogen-bond acceptors (Lipinski definition) is 3. The van der Waals surface area contributed by atoms with Crippen molar-refractivity contribution in [2.24, 2.45) is 0 Å². The lowest BCUT2D eigenvalue weighted by Gasteiger charge is -2.36. The van der Waals surface area contributed by atoms with E-state index in [9.17, 15) is 18.8 Å². The van der Waals surface area contributed by atoms with Crippen LogP contribution in [0.2, 0.25) is 5.02 Å². The highest BCUT2D eigenvalue weighted by Crippen LogP contribution is 2.26. The first-order valence-corrected chi connectivity index (χ1v) is 12.0. The summed E-state index contributed by atoms with van der Waals surface area (Å²) in [6.07, 6.45) is 1.84. The molecule has 3 aromatic carbocycles. The SMILES string of the molecule is O=C(Nc1ccc(Cl)cc1)[C@H]1Cc2ccccc2CN1C(=O)Nc1ccc(-n2ccccc2=O)cc1F. The van der Waals surface area contributed by atoms with Crippen molar-refractivity contribution in [2.45, 2.75) is 19.0 Å². The molecule has 4 aromatic rings. The van der Waals surface area contributed by atoms with Gasteiger partial charge in [-0.15, -0.1) is 0 Å². The molecule has 0 saturated heterocycles. The van der Waals surface area contributed by atoms with Gasteiger partial charge >= 0.3 is 6.03 Å². The summed E-state index contributed by atoms with van der Waals surface area (Å²) in [6, 6.07) is 21.6. The molecule has 0 saturated carbocycles. The Morgan fingerprint density at radius 2 is 1.62 bits per heavy atom. The number of anilines is 2. The third kappa shape index (κ3) is 5.24. The molecule has 2 heterocycles. The van der Waals surface area contributed by atoms with Crippen molar-refractivity contribution < 1.29 is 14.0 Å². The molecule has 37 heavy (non-hydrogen) atoms. The van der Waals surface area contributed by atoms with Crippen molar-refractivity contribution in [2.75, 3.05) is 10.6 Å². The number of nitrogens with one attached hydrogen (secondary N) is 2. The number of urea groups is 1. The summed E-state index contributed by atoms with van der Waals surface area (Å²) in [4.78, 5) is 40.1. The second kappa shape index (κ2) is 10.3. The summed E-state index contributed by atoms with van der Waals surface area (Å²) in [7, 11) is 0. The van der Waals surface area contributed by atoms with E-state index in [1.807, 2.05) is 24.3 Å². The Kier molecular flexibility index (Phi) is 6.74. The van der Waals surface area contributed by atoms with E-state index in [4.69, 9.17) is 11.6 Å². The van der Waals surface area contributed by atoms with Crippen LogP contribution in [-0.2, 0) is 17.8 Å². The van der Waals surface area contributed by atoms with E-state index in [-0.39, 0.29) is 23.7 Å². The maximum absolute atomic E-state index is 15.0. The Morgan fingerprint density at radius 1 is 0.892 bits per heavy atom. The molecule has 1 aliphatic heterocycles. The zero-order chi connectivity index (χ0) is 25.9. The molecule has 0 radical (unpaired) electrons. The third-order valence-electron chi connectivity index (χ3n) is 6.22. The first kappa shape index (κ1) is 24.3. The minimum absolute atomic E-state index is 0.0616. The predicted molar refractivity (Wildman–Crippen MR) is 141 cm³/mol. The highest BCUT2D eigenvalue weighted by atomic mass is 35.5. The fraction of sp³-hybridized carbons (Fsp3) is 0.107. The Balaban J connectivity index is 1.39. The number of benzene rings is 3. The third-order valence-corrected chi connectivity index (χ3v) is 6.47. The number of carbonyl (C=O) groups is 2.